The average Bonchev–Trinajstić information content (AvgIpc) is 2.38. The molecule has 0 aliphatic carbocycles. The Bertz CT molecular complexity index is 369. The summed E-state index contributed by atoms with van der Waals surface area (Å²) < 4.78 is 4.95. The first-order chi connectivity index (χ1) is 8.69. The molecule has 0 saturated carbocycles. The number of aliphatic hydroxyl groups excluding tert-OH is 1. The van der Waals surface area contributed by atoms with Crippen molar-refractivity contribution in [3.8, 4) is 0 Å². The number of methoxy groups -OCH3 is 1. The fraction of sp³-hybridized carbons (Fsp3) is 0.545. The Hall–Kier alpha value is -1.73. The Kier molecular flexibility index (Phi) is 6.03. The van der Waals surface area contributed by atoms with Crippen molar-refractivity contribution < 1.29 is 19.7 Å². The second-order valence-electron chi connectivity index (χ2n) is 3.62. The van der Waals surface area contributed by atoms with E-state index in [0.717, 1.165) is 6.42 Å². The number of hydrogen-bond acceptors (Lipinski definition) is 6. The van der Waals surface area contributed by atoms with Gasteiger partial charge in [-0.1, -0.05) is 0 Å². The minimum atomic E-state index is -1.11. The predicted octanol–water partition coefficient (Wildman–Crippen LogP) is 0.01000. The van der Waals surface area contributed by atoms with Crippen molar-refractivity contribution in [2.45, 2.75) is 6.42 Å². The highest BCUT2D eigenvalue weighted by Crippen LogP contribution is 2.09. The molecule has 0 atom stereocenters. The van der Waals surface area contributed by atoms with Crippen LogP contribution in [0.3, 0.4) is 0 Å². The fourth-order valence-electron chi connectivity index (χ4n) is 1.46. The summed E-state index contributed by atoms with van der Waals surface area (Å²) in [6, 6.07) is 0. The average molecular weight is 255 g/mol. The minimum absolute atomic E-state index is 0.00462. The topological polar surface area (TPSA) is 95.8 Å². The van der Waals surface area contributed by atoms with Gasteiger partial charge in [0.25, 0.3) is 0 Å². The summed E-state index contributed by atoms with van der Waals surface area (Å²) in [5.74, 6) is -0.563. The maximum atomic E-state index is 10.6. The molecule has 1 aromatic rings. The number of hydrogen-bond donors (Lipinski definition) is 2. The molecular weight excluding hydrogens is 238 g/mol. The smallest absolute Gasteiger partial charge is 0.356 e. The van der Waals surface area contributed by atoms with Crippen LogP contribution in [0.1, 0.15) is 16.9 Å². The molecule has 1 rings (SSSR count). The Morgan fingerprint density at radius 3 is 2.67 bits per heavy atom. The van der Waals surface area contributed by atoms with E-state index < -0.39 is 5.97 Å². The molecule has 0 radical (unpaired) electrons. The van der Waals surface area contributed by atoms with Crippen molar-refractivity contribution in [1.82, 2.24) is 9.97 Å². The number of carboxylic acids is 1. The third-order valence-electron chi connectivity index (χ3n) is 2.33. The van der Waals surface area contributed by atoms with Crippen molar-refractivity contribution >= 4 is 11.8 Å². The van der Waals surface area contributed by atoms with Crippen LogP contribution < -0.4 is 4.90 Å². The van der Waals surface area contributed by atoms with Crippen LogP contribution in [0.5, 0.6) is 0 Å². The summed E-state index contributed by atoms with van der Waals surface area (Å²) in [6.45, 7) is 1.69. The van der Waals surface area contributed by atoms with E-state index in [0.29, 0.717) is 25.5 Å². The maximum Gasteiger partial charge on any atom is 0.356 e. The highest BCUT2D eigenvalue weighted by molar-refractivity contribution is 5.84. The Morgan fingerprint density at radius 1 is 1.39 bits per heavy atom. The monoisotopic (exact) mass is 255 g/mol. The quantitative estimate of drug-likeness (QED) is 0.632. The summed E-state index contributed by atoms with van der Waals surface area (Å²) in [5, 5.41) is 17.7. The molecule has 2 N–H and O–H groups in total. The number of aromatic nitrogens is 2. The van der Waals surface area contributed by atoms with Gasteiger partial charge in [0, 0.05) is 26.8 Å². The Morgan fingerprint density at radius 2 is 2.17 bits per heavy atom. The minimum Gasteiger partial charge on any atom is -0.476 e. The second-order valence-corrected chi connectivity index (χ2v) is 3.62. The van der Waals surface area contributed by atoms with Crippen LogP contribution in [0.25, 0.3) is 0 Å². The van der Waals surface area contributed by atoms with Crippen molar-refractivity contribution in [3.05, 3.63) is 18.1 Å². The predicted molar refractivity (Wildman–Crippen MR) is 64.8 cm³/mol. The number of carboxylic acid groups (broad SMARTS) is 1. The highest BCUT2D eigenvalue weighted by atomic mass is 16.5. The van der Waals surface area contributed by atoms with E-state index in [-0.39, 0.29) is 12.3 Å². The summed E-state index contributed by atoms with van der Waals surface area (Å²) in [7, 11) is 1.62. The lowest BCUT2D eigenvalue weighted by Gasteiger charge is -2.22. The third kappa shape index (κ3) is 4.27. The molecule has 7 nitrogen and oxygen atoms in total. The van der Waals surface area contributed by atoms with Gasteiger partial charge in [-0.2, -0.15) is 0 Å². The number of ether oxygens (including phenoxy) is 1. The van der Waals surface area contributed by atoms with Crippen LogP contribution >= 0.6 is 0 Å². The zero-order chi connectivity index (χ0) is 13.4. The summed E-state index contributed by atoms with van der Waals surface area (Å²) in [4.78, 5) is 20.3. The van der Waals surface area contributed by atoms with Gasteiger partial charge in [-0.3, -0.25) is 0 Å². The van der Waals surface area contributed by atoms with Crippen molar-refractivity contribution in [2.75, 3.05) is 38.3 Å². The van der Waals surface area contributed by atoms with E-state index in [1.54, 1.807) is 7.11 Å². The van der Waals surface area contributed by atoms with E-state index in [9.17, 15) is 4.79 Å². The zero-order valence-electron chi connectivity index (χ0n) is 10.2. The second kappa shape index (κ2) is 7.57. The first-order valence-corrected chi connectivity index (χ1v) is 5.59. The summed E-state index contributed by atoms with van der Waals surface area (Å²) in [5.41, 5.74) is -0.0976. The van der Waals surface area contributed by atoms with Crippen molar-refractivity contribution in [1.29, 1.82) is 0 Å². The van der Waals surface area contributed by atoms with Gasteiger partial charge in [0.2, 0.25) is 0 Å². The lowest BCUT2D eigenvalue weighted by Crippen LogP contribution is -2.29. The molecule has 0 bridgehead atoms. The van der Waals surface area contributed by atoms with Crippen LogP contribution in [0.4, 0.5) is 5.82 Å². The van der Waals surface area contributed by atoms with E-state index in [1.807, 2.05) is 4.90 Å². The van der Waals surface area contributed by atoms with E-state index in [2.05, 4.69) is 9.97 Å². The SMILES string of the molecule is COCCCN(CCO)c1cnc(C(=O)O)cn1. The van der Waals surface area contributed by atoms with Crippen molar-refractivity contribution in [2.24, 2.45) is 0 Å². The van der Waals surface area contributed by atoms with Gasteiger partial charge in [0.05, 0.1) is 19.0 Å². The number of nitrogens with zero attached hydrogens (tertiary/aromatic N) is 3. The molecular formula is C11H17N3O4. The van der Waals surface area contributed by atoms with Crippen LogP contribution in [0.15, 0.2) is 12.4 Å². The molecule has 0 aromatic carbocycles. The molecule has 0 spiro atoms. The van der Waals surface area contributed by atoms with E-state index in [1.165, 1.54) is 12.4 Å². The van der Waals surface area contributed by atoms with Gasteiger partial charge >= 0.3 is 5.97 Å². The van der Waals surface area contributed by atoms with Crippen molar-refractivity contribution in [3.63, 3.8) is 0 Å². The van der Waals surface area contributed by atoms with Gasteiger partial charge in [-0.15, -0.1) is 0 Å². The van der Waals surface area contributed by atoms with Gasteiger partial charge in [-0.25, -0.2) is 14.8 Å². The summed E-state index contributed by atoms with van der Waals surface area (Å²) in [6.07, 6.45) is 3.39. The Labute approximate surface area is 105 Å². The molecule has 100 valence electrons. The van der Waals surface area contributed by atoms with Crippen LogP contribution in [0, 0.1) is 0 Å². The van der Waals surface area contributed by atoms with Crippen LogP contribution in [0.2, 0.25) is 0 Å². The molecule has 0 unspecified atom stereocenters. The van der Waals surface area contributed by atoms with E-state index in [4.69, 9.17) is 14.9 Å². The molecule has 7 heteroatoms. The first-order valence-electron chi connectivity index (χ1n) is 5.59. The van der Waals surface area contributed by atoms with Gasteiger partial charge in [-0.05, 0) is 6.42 Å². The van der Waals surface area contributed by atoms with Gasteiger partial charge < -0.3 is 19.8 Å². The largest absolute Gasteiger partial charge is 0.476 e. The molecule has 1 heterocycles. The number of rotatable bonds is 8. The Balaban J connectivity index is 2.68. The number of aliphatic hydroxyl groups is 1. The fourth-order valence-corrected chi connectivity index (χ4v) is 1.46. The summed E-state index contributed by atoms with van der Waals surface area (Å²) >= 11 is 0. The lowest BCUT2D eigenvalue weighted by atomic mass is 10.3. The van der Waals surface area contributed by atoms with Gasteiger partial charge in [0.1, 0.15) is 5.82 Å². The lowest BCUT2D eigenvalue weighted by molar-refractivity contribution is 0.0690. The van der Waals surface area contributed by atoms with Crippen LogP contribution in [-0.2, 0) is 4.74 Å². The normalized spacial score (nSPS) is 10.3. The standard InChI is InChI=1S/C11H17N3O4/c1-18-6-2-3-14(4-5-15)10-8-12-9(7-13-10)11(16)17/h7-8,15H,2-6H2,1H3,(H,16,17). The van der Waals surface area contributed by atoms with Crippen LogP contribution in [-0.4, -0.2) is 59.6 Å². The molecule has 0 aliphatic rings. The highest BCUT2D eigenvalue weighted by Gasteiger charge is 2.10. The number of carbonyl (C=O) groups is 1. The molecule has 0 amide bonds. The molecule has 0 aliphatic heterocycles. The van der Waals surface area contributed by atoms with E-state index >= 15 is 0 Å². The molecule has 0 fully saturated rings. The molecule has 0 saturated heterocycles. The van der Waals surface area contributed by atoms with Gasteiger partial charge in [0.15, 0.2) is 5.69 Å². The molecule has 1 aromatic heterocycles. The first kappa shape index (κ1) is 14.3. The molecule has 18 heavy (non-hydrogen) atoms. The maximum absolute atomic E-state index is 10.6. The number of aromatic carboxylic acids is 1. The third-order valence-corrected chi connectivity index (χ3v) is 2.33. The zero-order valence-corrected chi connectivity index (χ0v) is 10.2. The number of anilines is 1.